The summed E-state index contributed by atoms with van der Waals surface area (Å²) in [4.78, 5) is 13.9. The highest BCUT2D eigenvalue weighted by atomic mass is 32.2. The van der Waals surface area contributed by atoms with Crippen molar-refractivity contribution >= 4 is 15.9 Å². The first-order valence-corrected chi connectivity index (χ1v) is 9.49. The molecule has 0 unspecified atom stereocenters. The molecule has 1 fully saturated rings. The van der Waals surface area contributed by atoms with Gasteiger partial charge in [0.2, 0.25) is 15.9 Å². The predicted molar refractivity (Wildman–Crippen MR) is 91.1 cm³/mol. The number of sulfonamides is 1. The van der Waals surface area contributed by atoms with Crippen LogP contribution >= 0.6 is 0 Å². The smallest absolute Gasteiger partial charge is 0.241 e. The summed E-state index contributed by atoms with van der Waals surface area (Å²) in [6.45, 7) is 11.3. The summed E-state index contributed by atoms with van der Waals surface area (Å²) in [5.41, 5.74) is 4.71. The van der Waals surface area contributed by atoms with Gasteiger partial charge in [-0.15, -0.1) is 0 Å². The first-order chi connectivity index (χ1) is 10.7. The van der Waals surface area contributed by atoms with E-state index in [2.05, 4.69) is 4.72 Å². The van der Waals surface area contributed by atoms with E-state index in [-0.39, 0.29) is 18.9 Å². The Morgan fingerprint density at radius 2 is 1.43 bits per heavy atom. The molecule has 1 N–H and O–H groups in total. The highest BCUT2D eigenvalue weighted by molar-refractivity contribution is 7.89. The molecule has 0 atom stereocenters. The maximum absolute atomic E-state index is 12.7. The molecule has 0 saturated carbocycles. The summed E-state index contributed by atoms with van der Waals surface area (Å²) in [6.07, 6.45) is 1.25. The fraction of sp³-hybridized carbons (Fsp3) is 0.588. The van der Waals surface area contributed by atoms with Crippen molar-refractivity contribution in [3.05, 3.63) is 27.8 Å². The summed E-state index contributed by atoms with van der Waals surface area (Å²) in [5.74, 6) is 0.0173. The van der Waals surface area contributed by atoms with Crippen LogP contribution in [0.25, 0.3) is 0 Å². The van der Waals surface area contributed by atoms with E-state index in [1.165, 1.54) is 0 Å². The largest absolute Gasteiger partial charge is 0.343 e. The van der Waals surface area contributed by atoms with Gasteiger partial charge >= 0.3 is 0 Å². The average molecular weight is 338 g/mol. The Kier molecular flexibility index (Phi) is 5.16. The van der Waals surface area contributed by atoms with Crippen LogP contribution in [0.2, 0.25) is 0 Å². The van der Waals surface area contributed by atoms with E-state index in [1.54, 1.807) is 4.90 Å². The Labute approximate surface area is 139 Å². The van der Waals surface area contributed by atoms with Crippen LogP contribution in [-0.4, -0.2) is 38.9 Å². The quantitative estimate of drug-likeness (QED) is 0.894. The summed E-state index contributed by atoms with van der Waals surface area (Å²) in [5, 5.41) is 0. The highest BCUT2D eigenvalue weighted by Crippen LogP contribution is 2.29. The third kappa shape index (κ3) is 3.43. The van der Waals surface area contributed by atoms with Crippen molar-refractivity contribution in [1.82, 2.24) is 9.62 Å². The minimum Gasteiger partial charge on any atom is -0.343 e. The second-order valence-corrected chi connectivity index (χ2v) is 8.04. The number of likely N-dealkylation sites (tertiary alicyclic amines) is 1. The van der Waals surface area contributed by atoms with Crippen molar-refractivity contribution in [3.63, 3.8) is 0 Å². The van der Waals surface area contributed by atoms with Gasteiger partial charge in [-0.3, -0.25) is 4.79 Å². The molecule has 5 nitrogen and oxygen atoms in total. The van der Waals surface area contributed by atoms with Gasteiger partial charge in [0.1, 0.15) is 0 Å². The molecule has 23 heavy (non-hydrogen) atoms. The van der Waals surface area contributed by atoms with E-state index in [9.17, 15) is 13.2 Å². The van der Waals surface area contributed by atoms with Crippen molar-refractivity contribution < 1.29 is 13.2 Å². The fourth-order valence-corrected chi connectivity index (χ4v) is 4.58. The lowest BCUT2D eigenvalue weighted by atomic mass is 9.95. The summed E-state index contributed by atoms with van der Waals surface area (Å²) < 4.78 is 28.0. The van der Waals surface area contributed by atoms with Crippen LogP contribution in [0.5, 0.6) is 0 Å². The molecule has 2 rings (SSSR count). The van der Waals surface area contributed by atoms with Gasteiger partial charge in [-0.05, 0) is 68.9 Å². The molecule has 0 spiro atoms. The molecule has 1 aliphatic rings. The van der Waals surface area contributed by atoms with Crippen molar-refractivity contribution in [1.29, 1.82) is 0 Å². The predicted octanol–water partition coefficient (Wildman–Crippen LogP) is 2.13. The standard InChI is InChI=1S/C17H26N2O3S/c1-11-12(2)14(4)17(15(5)13(11)3)23(21,22)18-8-7-16(20)19-9-6-10-19/h18H,6-10H2,1-5H3. The molecule has 0 aromatic heterocycles. The Morgan fingerprint density at radius 1 is 0.957 bits per heavy atom. The molecular weight excluding hydrogens is 312 g/mol. The van der Waals surface area contributed by atoms with Crippen molar-refractivity contribution in [2.45, 2.75) is 52.4 Å². The minimum atomic E-state index is -3.61. The number of hydrogen-bond donors (Lipinski definition) is 1. The van der Waals surface area contributed by atoms with Gasteiger partial charge in [0.15, 0.2) is 0 Å². The van der Waals surface area contributed by atoms with Gasteiger partial charge in [0.05, 0.1) is 4.90 Å². The van der Waals surface area contributed by atoms with Gasteiger partial charge < -0.3 is 4.90 Å². The second kappa shape index (κ2) is 6.61. The van der Waals surface area contributed by atoms with E-state index >= 15 is 0 Å². The van der Waals surface area contributed by atoms with Gasteiger partial charge in [-0.1, -0.05) is 0 Å². The SMILES string of the molecule is Cc1c(C)c(C)c(S(=O)(=O)NCCC(=O)N2CCC2)c(C)c1C. The molecule has 128 valence electrons. The number of carbonyl (C=O) groups is 1. The minimum absolute atomic E-state index is 0.0173. The first kappa shape index (κ1) is 17.9. The normalized spacial score (nSPS) is 14.7. The molecular formula is C17H26N2O3S. The first-order valence-electron chi connectivity index (χ1n) is 8.01. The number of carbonyl (C=O) groups excluding carboxylic acids is 1. The number of nitrogens with zero attached hydrogens (tertiary/aromatic N) is 1. The van der Waals surface area contributed by atoms with Crippen LogP contribution in [0, 0.1) is 34.6 Å². The van der Waals surface area contributed by atoms with Crippen LogP contribution in [0.15, 0.2) is 4.90 Å². The van der Waals surface area contributed by atoms with E-state index in [0.717, 1.165) is 47.3 Å². The molecule has 6 heteroatoms. The van der Waals surface area contributed by atoms with Gasteiger partial charge in [0, 0.05) is 26.1 Å². The van der Waals surface area contributed by atoms with Gasteiger partial charge in [-0.25, -0.2) is 13.1 Å². The van der Waals surface area contributed by atoms with Crippen LogP contribution in [0.3, 0.4) is 0 Å². The van der Waals surface area contributed by atoms with Crippen molar-refractivity contribution in [3.8, 4) is 0 Å². The molecule has 1 heterocycles. The maximum atomic E-state index is 12.7. The van der Waals surface area contributed by atoms with E-state index < -0.39 is 10.0 Å². The van der Waals surface area contributed by atoms with Crippen LogP contribution in [-0.2, 0) is 14.8 Å². The van der Waals surface area contributed by atoms with Gasteiger partial charge in [0.25, 0.3) is 0 Å². The lowest BCUT2D eigenvalue weighted by Gasteiger charge is -2.30. The zero-order valence-corrected chi connectivity index (χ0v) is 15.4. The highest BCUT2D eigenvalue weighted by Gasteiger charge is 2.24. The number of hydrogen-bond acceptors (Lipinski definition) is 3. The fourth-order valence-electron chi connectivity index (χ4n) is 2.96. The molecule has 0 aliphatic carbocycles. The molecule has 1 amide bonds. The zero-order valence-electron chi connectivity index (χ0n) is 14.6. The van der Waals surface area contributed by atoms with Crippen LogP contribution < -0.4 is 4.72 Å². The third-order valence-electron chi connectivity index (χ3n) is 5.04. The summed E-state index contributed by atoms with van der Waals surface area (Å²) in [6, 6.07) is 0. The number of rotatable bonds is 5. The lowest BCUT2D eigenvalue weighted by Crippen LogP contribution is -2.43. The molecule has 0 radical (unpaired) electrons. The van der Waals surface area contributed by atoms with E-state index in [1.807, 2.05) is 34.6 Å². The Bertz CT molecular complexity index is 706. The maximum Gasteiger partial charge on any atom is 0.241 e. The summed E-state index contributed by atoms with van der Waals surface area (Å²) in [7, 11) is -3.61. The number of benzene rings is 1. The Hall–Kier alpha value is -1.40. The lowest BCUT2D eigenvalue weighted by molar-refractivity contribution is -0.134. The van der Waals surface area contributed by atoms with E-state index in [4.69, 9.17) is 0 Å². The van der Waals surface area contributed by atoms with E-state index in [0.29, 0.717) is 4.90 Å². The zero-order chi connectivity index (χ0) is 17.4. The van der Waals surface area contributed by atoms with Crippen LogP contribution in [0.4, 0.5) is 0 Å². The van der Waals surface area contributed by atoms with Gasteiger partial charge in [-0.2, -0.15) is 0 Å². The van der Waals surface area contributed by atoms with Crippen LogP contribution in [0.1, 0.15) is 40.7 Å². The molecule has 1 saturated heterocycles. The molecule has 1 aromatic carbocycles. The van der Waals surface area contributed by atoms with Crippen molar-refractivity contribution in [2.75, 3.05) is 19.6 Å². The molecule has 1 aromatic rings. The topological polar surface area (TPSA) is 66.5 Å². The number of nitrogens with one attached hydrogen (secondary N) is 1. The summed E-state index contributed by atoms with van der Waals surface area (Å²) >= 11 is 0. The number of amides is 1. The second-order valence-electron chi connectivity index (χ2n) is 6.34. The Morgan fingerprint density at radius 3 is 1.87 bits per heavy atom. The Balaban J connectivity index is 2.18. The molecule has 1 aliphatic heterocycles. The molecule has 0 bridgehead atoms. The average Bonchev–Trinajstić information content (AvgIpc) is 2.40. The monoisotopic (exact) mass is 338 g/mol. The van der Waals surface area contributed by atoms with Crippen molar-refractivity contribution in [2.24, 2.45) is 0 Å². The third-order valence-corrected chi connectivity index (χ3v) is 6.77.